The van der Waals surface area contributed by atoms with Crippen LogP contribution >= 0.6 is 11.3 Å². The van der Waals surface area contributed by atoms with Crippen LogP contribution in [0.5, 0.6) is 5.75 Å². The van der Waals surface area contributed by atoms with E-state index in [1.54, 1.807) is 12.1 Å². The third-order valence-electron chi connectivity index (χ3n) is 3.94. The minimum Gasteiger partial charge on any atom is -0.481 e. The number of carbonyl (C=O) groups excluding carboxylic acids is 1. The number of nitrogens with one attached hydrogen (secondary N) is 1. The molecule has 1 aliphatic rings. The maximum absolute atomic E-state index is 13.3. The molecule has 0 radical (unpaired) electrons. The smallest absolute Gasteiger partial charge is 0.262 e. The third-order valence-corrected chi connectivity index (χ3v) is 4.83. The SMILES string of the molecule is Cc1cc(-c2csc(-c3ccc(F)c(N)c3)n2)cc2c1OCC(=O)N2. The molecule has 3 N–H and O–H groups in total. The molecule has 2 heterocycles. The van der Waals surface area contributed by atoms with Crippen LogP contribution in [-0.2, 0) is 4.79 Å². The van der Waals surface area contributed by atoms with Crippen LogP contribution in [0.4, 0.5) is 15.8 Å². The normalized spacial score (nSPS) is 13.1. The van der Waals surface area contributed by atoms with Gasteiger partial charge in [-0.05, 0) is 42.8 Å². The summed E-state index contributed by atoms with van der Waals surface area (Å²) in [6, 6.07) is 8.37. The average molecular weight is 355 g/mol. The van der Waals surface area contributed by atoms with Gasteiger partial charge < -0.3 is 15.8 Å². The van der Waals surface area contributed by atoms with Gasteiger partial charge in [-0.3, -0.25) is 4.79 Å². The Morgan fingerprint density at radius 1 is 1.28 bits per heavy atom. The fourth-order valence-electron chi connectivity index (χ4n) is 2.75. The van der Waals surface area contributed by atoms with Crippen LogP contribution in [0.15, 0.2) is 35.7 Å². The zero-order chi connectivity index (χ0) is 17.6. The maximum atomic E-state index is 13.3. The Bertz CT molecular complexity index is 1000. The van der Waals surface area contributed by atoms with E-state index in [1.807, 2.05) is 24.4 Å². The van der Waals surface area contributed by atoms with E-state index in [9.17, 15) is 9.18 Å². The molecule has 25 heavy (non-hydrogen) atoms. The molecule has 0 unspecified atom stereocenters. The number of halogens is 1. The number of aryl methyl sites for hydroxylation is 1. The van der Waals surface area contributed by atoms with Crippen molar-refractivity contribution in [2.75, 3.05) is 17.7 Å². The van der Waals surface area contributed by atoms with Crippen molar-refractivity contribution in [2.24, 2.45) is 0 Å². The highest BCUT2D eigenvalue weighted by molar-refractivity contribution is 7.13. The first-order valence-corrected chi connectivity index (χ1v) is 8.48. The summed E-state index contributed by atoms with van der Waals surface area (Å²) in [7, 11) is 0. The molecule has 0 bridgehead atoms. The molecule has 0 fully saturated rings. The lowest BCUT2D eigenvalue weighted by Crippen LogP contribution is -2.25. The topological polar surface area (TPSA) is 77.2 Å². The van der Waals surface area contributed by atoms with Crippen molar-refractivity contribution in [3.05, 3.63) is 47.1 Å². The molecule has 5 nitrogen and oxygen atoms in total. The number of aromatic nitrogens is 1. The number of carbonyl (C=O) groups is 1. The summed E-state index contributed by atoms with van der Waals surface area (Å²) in [5.74, 6) is 0.0662. The Hall–Kier alpha value is -2.93. The minimum absolute atomic E-state index is 0.0278. The van der Waals surface area contributed by atoms with Crippen LogP contribution in [0.3, 0.4) is 0 Å². The molecular weight excluding hydrogens is 341 g/mol. The zero-order valence-electron chi connectivity index (χ0n) is 13.3. The van der Waals surface area contributed by atoms with Gasteiger partial charge >= 0.3 is 0 Å². The second-order valence-electron chi connectivity index (χ2n) is 5.78. The van der Waals surface area contributed by atoms with E-state index in [0.717, 1.165) is 27.4 Å². The van der Waals surface area contributed by atoms with Crippen molar-refractivity contribution in [3.63, 3.8) is 0 Å². The van der Waals surface area contributed by atoms with Crippen LogP contribution in [0, 0.1) is 12.7 Å². The lowest BCUT2D eigenvalue weighted by molar-refractivity contribution is -0.118. The van der Waals surface area contributed by atoms with Gasteiger partial charge in [-0.2, -0.15) is 0 Å². The molecule has 0 saturated heterocycles. The van der Waals surface area contributed by atoms with E-state index < -0.39 is 5.82 Å². The first-order chi connectivity index (χ1) is 12.0. The average Bonchev–Trinajstić information content (AvgIpc) is 3.07. The lowest BCUT2D eigenvalue weighted by atomic mass is 10.1. The molecule has 3 aromatic rings. The number of amides is 1. The van der Waals surface area contributed by atoms with E-state index in [-0.39, 0.29) is 18.2 Å². The number of nitrogens with zero attached hydrogens (tertiary/aromatic N) is 1. The standard InChI is InChI=1S/C18H14FN3O2S/c1-9-4-11(6-14-17(9)24-7-16(23)21-14)15-8-25-18(22-15)10-2-3-12(19)13(20)5-10/h2-6,8H,7,20H2,1H3,(H,21,23). The summed E-state index contributed by atoms with van der Waals surface area (Å²) in [5.41, 5.74) is 9.71. The molecule has 1 aromatic heterocycles. The maximum Gasteiger partial charge on any atom is 0.262 e. The summed E-state index contributed by atoms with van der Waals surface area (Å²) >= 11 is 1.45. The van der Waals surface area contributed by atoms with Crippen LogP contribution in [0.25, 0.3) is 21.8 Å². The van der Waals surface area contributed by atoms with Gasteiger partial charge in [0.25, 0.3) is 5.91 Å². The Labute approximate surface area is 147 Å². The first-order valence-electron chi connectivity index (χ1n) is 7.60. The predicted molar refractivity (Wildman–Crippen MR) is 96.2 cm³/mol. The first kappa shape index (κ1) is 15.6. The van der Waals surface area contributed by atoms with Crippen molar-refractivity contribution in [1.29, 1.82) is 0 Å². The summed E-state index contributed by atoms with van der Waals surface area (Å²) in [6.07, 6.45) is 0. The molecule has 126 valence electrons. The summed E-state index contributed by atoms with van der Waals surface area (Å²) in [4.78, 5) is 16.2. The van der Waals surface area contributed by atoms with Gasteiger partial charge in [-0.25, -0.2) is 9.37 Å². The summed E-state index contributed by atoms with van der Waals surface area (Å²) in [5, 5.41) is 5.48. The molecule has 0 saturated carbocycles. The summed E-state index contributed by atoms with van der Waals surface area (Å²) < 4.78 is 18.8. The van der Waals surface area contributed by atoms with Gasteiger partial charge in [0.2, 0.25) is 0 Å². The number of benzene rings is 2. The van der Waals surface area contributed by atoms with E-state index in [4.69, 9.17) is 10.5 Å². The van der Waals surface area contributed by atoms with Crippen molar-refractivity contribution >= 4 is 28.6 Å². The number of anilines is 2. The second kappa shape index (κ2) is 5.86. The predicted octanol–water partition coefficient (Wildman–Crippen LogP) is 3.84. The number of ether oxygens (including phenoxy) is 1. The van der Waals surface area contributed by atoms with Crippen molar-refractivity contribution < 1.29 is 13.9 Å². The van der Waals surface area contributed by atoms with E-state index in [1.165, 1.54) is 17.4 Å². The molecule has 1 amide bonds. The highest BCUT2D eigenvalue weighted by Crippen LogP contribution is 2.37. The number of hydrogen-bond acceptors (Lipinski definition) is 5. The van der Waals surface area contributed by atoms with Gasteiger partial charge in [0, 0.05) is 16.5 Å². The van der Waals surface area contributed by atoms with Crippen LogP contribution < -0.4 is 15.8 Å². The van der Waals surface area contributed by atoms with Gasteiger partial charge in [-0.15, -0.1) is 11.3 Å². The Morgan fingerprint density at radius 2 is 2.12 bits per heavy atom. The number of hydrogen-bond donors (Lipinski definition) is 2. The van der Waals surface area contributed by atoms with E-state index in [0.29, 0.717) is 11.4 Å². The molecule has 1 aliphatic heterocycles. The fourth-order valence-corrected chi connectivity index (χ4v) is 3.57. The molecule has 0 aliphatic carbocycles. The molecule has 0 atom stereocenters. The van der Waals surface area contributed by atoms with Crippen LogP contribution in [0.1, 0.15) is 5.56 Å². The molecule has 2 aromatic carbocycles. The van der Waals surface area contributed by atoms with E-state index in [2.05, 4.69) is 10.3 Å². The van der Waals surface area contributed by atoms with Crippen molar-refractivity contribution in [1.82, 2.24) is 4.98 Å². The number of nitrogen functional groups attached to an aromatic ring is 1. The number of thiazole rings is 1. The number of nitrogens with two attached hydrogens (primary N) is 1. The zero-order valence-corrected chi connectivity index (χ0v) is 14.1. The third kappa shape index (κ3) is 2.83. The fraction of sp³-hybridized carbons (Fsp3) is 0.111. The Kier molecular flexibility index (Phi) is 3.65. The van der Waals surface area contributed by atoms with Gasteiger partial charge in [0.1, 0.15) is 16.6 Å². The largest absolute Gasteiger partial charge is 0.481 e. The van der Waals surface area contributed by atoms with Gasteiger partial charge in [0.15, 0.2) is 6.61 Å². The Balaban J connectivity index is 1.73. The summed E-state index contributed by atoms with van der Waals surface area (Å²) in [6.45, 7) is 1.95. The van der Waals surface area contributed by atoms with Crippen molar-refractivity contribution in [2.45, 2.75) is 6.92 Å². The number of fused-ring (bicyclic) bond motifs is 1. The molecule has 7 heteroatoms. The van der Waals surface area contributed by atoms with Crippen LogP contribution in [0.2, 0.25) is 0 Å². The van der Waals surface area contributed by atoms with Gasteiger partial charge in [-0.1, -0.05) is 0 Å². The molecular formula is C18H14FN3O2S. The number of rotatable bonds is 2. The lowest BCUT2D eigenvalue weighted by Gasteiger charge is -2.20. The van der Waals surface area contributed by atoms with E-state index >= 15 is 0 Å². The van der Waals surface area contributed by atoms with Crippen molar-refractivity contribution in [3.8, 4) is 27.6 Å². The minimum atomic E-state index is -0.443. The second-order valence-corrected chi connectivity index (χ2v) is 6.64. The highest BCUT2D eigenvalue weighted by Gasteiger charge is 2.20. The highest BCUT2D eigenvalue weighted by atomic mass is 32.1. The molecule has 0 spiro atoms. The van der Waals surface area contributed by atoms with Crippen LogP contribution in [-0.4, -0.2) is 17.5 Å². The monoisotopic (exact) mass is 355 g/mol. The molecule has 4 rings (SSSR count). The Morgan fingerprint density at radius 3 is 2.92 bits per heavy atom. The van der Waals surface area contributed by atoms with Gasteiger partial charge in [0.05, 0.1) is 17.1 Å². The quantitative estimate of drug-likeness (QED) is 0.685.